The van der Waals surface area contributed by atoms with Gasteiger partial charge in [-0.05, 0) is 38.1 Å². The van der Waals surface area contributed by atoms with E-state index in [2.05, 4.69) is 18.9 Å². The fourth-order valence-electron chi connectivity index (χ4n) is 3.09. The number of likely N-dealkylation sites (tertiary alicyclic amines) is 1. The summed E-state index contributed by atoms with van der Waals surface area (Å²) >= 11 is 0. The van der Waals surface area contributed by atoms with Crippen LogP contribution in [0.25, 0.3) is 0 Å². The molecule has 0 aromatic heterocycles. The van der Waals surface area contributed by atoms with E-state index in [-0.39, 0.29) is 0 Å². The van der Waals surface area contributed by atoms with Gasteiger partial charge in [0.25, 0.3) is 0 Å². The number of nitrogens with zero attached hydrogens (tertiary/aromatic N) is 1. The van der Waals surface area contributed by atoms with Gasteiger partial charge in [-0.3, -0.25) is 0 Å². The second-order valence-corrected chi connectivity index (χ2v) is 4.54. The third kappa shape index (κ3) is 1.31. The van der Waals surface area contributed by atoms with Crippen LogP contribution in [-0.2, 0) is 0 Å². The smallest absolute Gasteiger partial charge is 0.0121 e. The molecule has 0 N–H and O–H groups in total. The molecule has 0 aromatic carbocycles. The minimum atomic E-state index is 0.944. The van der Waals surface area contributed by atoms with Crippen molar-refractivity contribution in [3.8, 4) is 0 Å². The highest BCUT2D eigenvalue weighted by Crippen LogP contribution is 2.37. The molecule has 2 rings (SSSR count). The Hall–Kier alpha value is -0.0400. The lowest BCUT2D eigenvalue weighted by Gasteiger charge is -2.38. The zero-order valence-corrected chi connectivity index (χ0v) is 7.71. The quantitative estimate of drug-likeness (QED) is 0.515. The summed E-state index contributed by atoms with van der Waals surface area (Å²) in [6.45, 7) is 3.73. The van der Waals surface area contributed by atoms with Crippen LogP contribution in [0.2, 0.25) is 0 Å². The van der Waals surface area contributed by atoms with Crippen molar-refractivity contribution in [3.05, 3.63) is 0 Å². The van der Waals surface area contributed by atoms with Gasteiger partial charge in [0.2, 0.25) is 0 Å². The Labute approximate surface area is 69.8 Å². The first-order chi connectivity index (χ1) is 5.27. The number of hydrogen-bond donors (Lipinski definition) is 0. The summed E-state index contributed by atoms with van der Waals surface area (Å²) in [4.78, 5) is 2.59. The normalized spacial score (nSPS) is 45.8. The van der Waals surface area contributed by atoms with Crippen LogP contribution in [0.3, 0.4) is 0 Å². The van der Waals surface area contributed by atoms with Crippen molar-refractivity contribution in [2.45, 2.75) is 38.6 Å². The van der Waals surface area contributed by atoms with Crippen LogP contribution in [0, 0.1) is 11.8 Å². The van der Waals surface area contributed by atoms with E-state index in [0.29, 0.717) is 0 Å². The Balaban J connectivity index is 2.04. The van der Waals surface area contributed by atoms with Crippen LogP contribution in [0.5, 0.6) is 0 Å². The van der Waals surface area contributed by atoms with Gasteiger partial charge in [-0.2, -0.15) is 0 Å². The van der Waals surface area contributed by atoms with Gasteiger partial charge in [0.15, 0.2) is 0 Å². The first kappa shape index (κ1) is 7.60. The molecule has 0 radical (unpaired) electrons. The van der Waals surface area contributed by atoms with Crippen LogP contribution in [0.15, 0.2) is 0 Å². The van der Waals surface area contributed by atoms with Crippen molar-refractivity contribution in [2.24, 2.45) is 11.8 Å². The average molecular weight is 153 g/mol. The standard InChI is InChI=1S/C10H19N/c1-8-6-9-4-3-5-10(9)11(2)7-8/h8-10H,3-7H2,1-2H3/t8-,9?,10?/m0/s1. The highest BCUT2D eigenvalue weighted by Gasteiger charge is 2.35. The summed E-state index contributed by atoms with van der Waals surface area (Å²) in [6, 6.07) is 0.950. The second kappa shape index (κ2) is 2.78. The summed E-state index contributed by atoms with van der Waals surface area (Å²) < 4.78 is 0. The van der Waals surface area contributed by atoms with Gasteiger partial charge in [0.1, 0.15) is 0 Å². The SMILES string of the molecule is C[C@H]1CC2CCCC2N(C)C1. The lowest BCUT2D eigenvalue weighted by molar-refractivity contribution is 0.106. The first-order valence-electron chi connectivity index (χ1n) is 4.97. The molecule has 2 aliphatic rings. The Morgan fingerprint density at radius 2 is 2.09 bits per heavy atom. The van der Waals surface area contributed by atoms with Gasteiger partial charge in [-0.15, -0.1) is 0 Å². The van der Waals surface area contributed by atoms with Gasteiger partial charge < -0.3 is 4.90 Å². The van der Waals surface area contributed by atoms with Crippen molar-refractivity contribution in [1.29, 1.82) is 0 Å². The summed E-state index contributed by atoms with van der Waals surface area (Å²) in [5, 5.41) is 0. The molecule has 1 heteroatoms. The highest BCUT2D eigenvalue weighted by atomic mass is 15.1. The molecular formula is C10H19N. The molecule has 2 unspecified atom stereocenters. The lowest BCUT2D eigenvalue weighted by Crippen LogP contribution is -2.43. The van der Waals surface area contributed by atoms with Gasteiger partial charge in [0, 0.05) is 12.6 Å². The summed E-state index contributed by atoms with van der Waals surface area (Å²) in [5.41, 5.74) is 0. The molecule has 11 heavy (non-hydrogen) atoms. The summed E-state index contributed by atoms with van der Waals surface area (Å²) in [5.74, 6) is 1.99. The number of rotatable bonds is 0. The fraction of sp³-hybridized carbons (Fsp3) is 1.00. The average Bonchev–Trinajstić information content (AvgIpc) is 2.34. The third-order valence-electron chi connectivity index (χ3n) is 3.49. The number of piperidine rings is 1. The predicted molar refractivity (Wildman–Crippen MR) is 47.5 cm³/mol. The fourth-order valence-corrected chi connectivity index (χ4v) is 3.09. The molecule has 2 fully saturated rings. The molecule has 1 nitrogen and oxygen atoms in total. The molecule has 1 aliphatic carbocycles. The minimum Gasteiger partial charge on any atom is -0.303 e. The van der Waals surface area contributed by atoms with Crippen molar-refractivity contribution >= 4 is 0 Å². The van der Waals surface area contributed by atoms with Crippen molar-refractivity contribution in [3.63, 3.8) is 0 Å². The molecule has 0 amide bonds. The first-order valence-corrected chi connectivity index (χ1v) is 4.97. The van der Waals surface area contributed by atoms with E-state index in [1.165, 1.54) is 32.2 Å². The number of hydrogen-bond acceptors (Lipinski definition) is 1. The predicted octanol–water partition coefficient (Wildman–Crippen LogP) is 2.13. The van der Waals surface area contributed by atoms with Crippen LogP contribution < -0.4 is 0 Å². The van der Waals surface area contributed by atoms with E-state index in [9.17, 15) is 0 Å². The molecule has 0 spiro atoms. The lowest BCUT2D eigenvalue weighted by atomic mass is 9.86. The molecule has 64 valence electrons. The van der Waals surface area contributed by atoms with Gasteiger partial charge in [-0.1, -0.05) is 13.3 Å². The maximum absolute atomic E-state index is 2.59. The molecule has 1 saturated heterocycles. The molecule has 0 aromatic rings. The molecule has 3 atom stereocenters. The van der Waals surface area contributed by atoms with Gasteiger partial charge in [0.05, 0.1) is 0 Å². The van der Waals surface area contributed by atoms with E-state index < -0.39 is 0 Å². The Morgan fingerprint density at radius 3 is 2.91 bits per heavy atom. The van der Waals surface area contributed by atoms with Crippen molar-refractivity contribution < 1.29 is 0 Å². The Morgan fingerprint density at radius 1 is 1.27 bits per heavy atom. The largest absolute Gasteiger partial charge is 0.303 e. The van der Waals surface area contributed by atoms with Gasteiger partial charge >= 0.3 is 0 Å². The molecular weight excluding hydrogens is 134 g/mol. The molecule has 1 saturated carbocycles. The van der Waals surface area contributed by atoms with Crippen LogP contribution in [0.1, 0.15) is 32.6 Å². The highest BCUT2D eigenvalue weighted by molar-refractivity contribution is 4.89. The van der Waals surface area contributed by atoms with E-state index >= 15 is 0 Å². The zero-order valence-electron chi connectivity index (χ0n) is 7.71. The number of fused-ring (bicyclic) bond motifs is 1. The van der Waals surface area contributed by atoms with Crippen LogP contribution in [-0.4, -0.2) is 24.5 Å². The minimum absolute atomic E-state index is 0.944. The Kier molecular flexibility index (Phi) is 1.92. The maximum Gasteiger partial charge on any atom is 0.0121 e. The monoisotopic (exact) mass is 153 g/mol. The Bertz CT molecular complexity index is 144. The molecule has 0 bridgehead atoms. The maximum atomic E-state index is 2.59. The topological polar surface area (TPSA) is 3.24 Å². The van der Waals surface area contributed by atoms with E-state index in [0.717, 1.165) is 17.9 Å². The van der Waals surface area contributed by atoms with Crippen LogP contribution in [0.4, 0.5) is 0 Å². The van der Waals surface area contributed by atoms with Crippen molar-refractivity contribution in [1.82, 2.24) is 4.90 Å². The van der Waals surface area contributed by atoms with Crippen LogP contribution >= 0.6 is 0 Å². The van der Waals surface area contributed by atoms with E-state index in [1.807, 2.05) is 0 Å². The van der Waals surface area contributed by atoms with E-state index in [1.54, 1.807) is 0 Å². The summed E-state index contributed by atoms with van der Waals surface area (Å²) in [7, 11) is 2.30. The van der Waals surface area contributed by atoms with Gasteiger partial charge in [-0.25, -0.2) is 0 Å². The van der Waals surface area contributed by atoms with Crippen molar-refractivity contribution in [2.75, 3.05) is 13.6 Å². The molecule has 1 aliphatic heterocycles. The summed E-state index contributed by atoms with van der Waals surface area (Å²) in [6.07, 6.45) is 5.94. The second-order valence-electron chi connectivity index (χ2n) is 4.54. The zero-order chi connectivity index (χ0) is 7.84. The molecule has 1 heterocycles. The third-order valence-corrected chi connectivity index (χ3v) is 3.49. The van der Waals surface area contributed by atoms with E-state index in [4.69, 9.17) is 0 Å².